The number of nitrogens with zero attached hydrogens (tertiary/aromatic N) is 1. The molecule has 0 spiro atoms. The fraction of sp³-hybridized carbons (Fsp3) is 0.500. The molecule has 0 unspecified atom stereocenters. The number of pyridine rings is 1. The molecule has 6 heteroatoms. The molecule has 110 valence electrons. The first-order valence-electron chi connectivity index (χ1n) is 6.69. The molecule has 0 aliphatic rings. The van der Waals surface area contributed by atoms with Crippen LogP contribution in [0.5, 0.6) is 0 Å². The summed E-state index contributed by atoms with van der Waals surface area (Å²) in [7, 11) is 0. The molecule has 0 aliphatic heterocycles. The Morgan fingerprint density at radius 2 is 2.00 bits per heavy atom. The fourth-order valence-corrected chi connectivity index (χ4v) is 1.51. The summed E-state index contributed by atoms with van der Waals surface area (Å²) in [5.41, 5.74) is 0.924. The van der Waals surface area contributed by atoms with E-state index in [1.54, 1.807) is 20.0 Å². The van der Waals surface area contributed by atoms with Gasteiger partial charge in [0.1, 0.15) is 0 Å². The number of urea groups is 1. The van der Waals surface area contributed by atoms with E-state index in [9.17, 15) is 9.59 Å². The number of rotatable bonds is 7. The SMILES string of the molecule is CC(C)OC(=O)CCNC(=O)NCCc1ccccn1. The Balaban J connectivity index is 2.07. The zero-order valence-electron chi connectivity index (χ0n) is 11.9. The fourth-order valence-electron chi connectivity index (χ4n) is 1.51. The molecular weight excluding hydrogens is 258 g/mol. The zero-order chi connectivity index (χ0) is 14.8. The van der Waals surface area contributed by atoms with Crippen LogP contribution in [0.2, 0.25) is 0 Å². The van der Waals surface area contributed by atoms with E-state index in [1.165, 1.54) is 0 Å². The first kappa shape index (κ1) is 15.9. The van der Waals surface area contributed by atoms with Gasteiger partial charge in [-0.25, -0.2) is 4.79 Å². The number of carbonyl (C=O) groups is 2. The van der Waals surface area contributed by atoms with Gasteiger partial charge in [-0.3, -0.25) is 9.78 Å². The van der Waals surface area contributed by atoms with E-state index in [2.05, 4.69) is 15.6 Å². The monoisotopic (exact) mass is 279 g/mol. The third-order valence-corrected chi connectivity index (χ3v) is 2.37. The van der Waals surface area contributed by atoms with E-state index in [4.69, 9.17) is 4.74 Å². The molecule has 6 nitrogen and oxygen atoms in total. The molecule has 2 amide bonds. The van der Waals surface area contributed by atoms with Crippen LogP contribution >= 0.6 is 0 Å². The lowest BCUT2D eigenvalue weighted by atomic mass is 10.3. The molecule has 0 saturated carbocycles. The van der Waals surface area contributed by atoms with Gasteiger partial charge in [-0.2, -0.15) is 0 Å². The Morgan fingerprint density at radius 1 is 1.25 bits per heavy atom. The predicted octanol–water partition coefficient (Wildman–Crippen LogP) is 1.26. The van der Waals surface area contributed by atoms with Gasteiger partial charge in [0.25, 0.3) is 0 Å². The van der Waals surface area contributed by atoms with Gasteiger partial charge in [0.2, 0.25) is 0 Å². The predicted molar refractivity (Wildman–Crippen MR) is 75.2 cm³/mol. The minimum Gasteiger partial charge on any atom is -0.463 e. The lowest BCUT2D eigenvalue weighted by molar-refractivity contribution is -0.147. The number of nitrogens with one attached hydrogen (secondary N) is 2. The molecule has 1 aromatic rings. The Morgan fingerprint density at radius 3 is 2.65 bits per heavy atom. The number of hydrogen-bond donors (Lipinski definition) is 2. The van der Waals surface area contributed by atoms with Crippen molar-refractivity contribution >= 4 is 12.0 Å². The average Bonchev–Trinajstić information content (AvgIpc) is 2.39. The molecule has 0 aromatic carbocycles. The van der Waals surface area contributed by atoms with Crippen molar-refractivity contribution in [3.05, 3.63) is 30.1 Å². The van der Waals surface area contributed by atoms with Crippen molar-refractivity contribution in [2.75, 3.05) is 13.1 Å². The highest BCUT2D eigenvalue weighted by molar-refractivity contribution is 5.75. The van der Waals surface area contributed by atoms with Crippen molar-refractivity contribution < 1.29 is 14.3 Å². The van der Waals surface area contributed by atoms with Crippen LogP contribution in [0, 0.1) is 0 Å². The third kappa shape index (κ3) is 7.35. The Labute approximate surface area is 118 Å². The molecule has 0 bridgehead atoms. The second kappa shape index (κ2) is 8.90. The molecule has 0 atom stereocenters. The second-order valence-corrected chi connectivity index (χ2v) is 4.54. The van der Waals surface area contributed by atoms with Crippen LogP contribution < -0.4 is 10.6 Å². The molecule has 20 heavy (non-hydrogen) atoms. The number of ether oxygens (including phenoxy) is 1. The summed E-state index contributed by atoms with van der Waals surface area (Å²) in [6, 6.07) is 5.36. The van der Waals surface area contributed by atoms with E-state index in [0.29, 0.717) is 13.0 Å². The Bertz CT molecular complexity index is 421. The molecular formula is C14H21N3O3. The van der Waals surface area contributed by atoms with Crippen molar-refractivity contribution in [1.29, 1.82) is 0 Å². The maximum atomic E-state index is 11.4. The zero-order valence-corrected chi connectivity index (χ0v) is 11.9. The molecule has 1 aromatic heterocycles. The van der Waals surface area contributed by atoms with Crippen LogP contribution in [0.4, 0.5) is 4.79 Å². The minimum absolute atomic E-state index is 0.130. The normalized spacial score (nSPS) is 10.2. The molecule has 0 saturated heterocycles. The number of carbonyl (C=O) groups excluding carboxylic acids is 2. The highest BCUT2D eigenvalue weighted by atomic mass is 16.5. The van der Waals surface area contributed by atoms with E-state index in [1.807, 2.05) is 18.2 Å². The van der Waals surface area contributed by atoms with Crippen LogP contribution in [0.25, 0.3) is 0 Å². The van der Waals surface area contributed by atoms with Gasteiger partial charge in [-0.15, -0.1) is 0 Å². The molecule has 1 rings (SSSR count). The number of amides is 2. The summed E-state index contributed by atoms with van der Waals surface area (Å²) in [6.45, 7) is 4.34. The van der Waals surface area contributed by atoms with Crippen LogP contribution in [0.15, 0.2) is 24.4 Å². The maximum Gasteiger partial charge on any atom is 0.314 e. The number of esters is 1. The first-order chi connectivity index (χ1) is 9.58. The van der Waals surface area contributed by atoms with Gasteiger partial charge in [-0.05, 0) is 26.0 Å². The van der Waals surface area contributed by atoms with Gasteiger partial charge >= 0.3 is 12.0 Å². The van der Waals surface area contributed by atoms with Crippen molar-refractivity contribution in [3.63, 3.8) is 0 Å². The van der Waals surface area contributed by atoms with Crippen LogP contribution in [-0.2, 0) is 16.0 Å². The summed E-state index contributed by atoms with van der Waals surface area (Å²) in [4.78, 5) is 26.8. The summed E-state index contributed by atoms with van der Waals surface area (Å²) >= 11 is 0. The van der Waals surface area contributed by atoms with E-state index < -0.39 is 0 Å². The van der Waals surface area contributed by atoms with Crippen LogP contribution in [0.1, 0.15) is 26.0 Å². The smallest absolute Gasteiger partial charge is 0.314 e. The molecule has 2 N–H and O–H groups in total. The van der Waals surface area contributed by atoms with Gasteiger partial charge in [-0.1, -0.05) is 6.07 Å². The van der Waals surface area contributed by atoms with E-state index in [0.717, 1.165) is 5.69 Å². The Hall–Kier alpha value is -2.11. The molecule has 0 radical (unpaired) electrons. The van der Waals surface area contributed by atoms with Crippen LogP contribution in [0.3, 0.4) is 0 Å². The van der Waals surface area contributed by atoms with Crippen LogP contribution in [-0.4, -0.2) is 36.2 Å². The highest BCUT2D eigenvalue weighted by Gasteiger charge is 2.06. The van der Waals surface area contributed by atoms with Gasteiger partial charge in [0, 0.05) is 31.4 Å². The summed E-state index contributed by atoms with van der Waals surface area (Å²) in [5.74, 6) is -0.311. The molecule has 0 aliphatic carbocycles. The Kier molecular flexibility index (Phi) is 7.10. The molecule has 1 heterocycles. The summed E-state index contributed by atoms with van der Waals surface area (Å²) < 4.78 is 4.95. The third-order valence-electron chi connectivity index (χ3n) is 2.37. The quantitative estimate of drug-likeness (QED) is 0.736. The second-order valence-electron chi connectivity index (χ2n) is 4.54. The molecule has 0 fully saturated rings. The largest absolute Gasteiger partial charge is 0.463 e. The van der Waals surface area contributed by atoms with Crippen molar-refractivity contribution in [2.24, 2.45) is 0 Å². The topological polar surface area (TPSA) is 80.3 Å². The van der Waals surface area contributed by atoms with Gasteiger partial charge < -0.3 is 15.4 Å². The van der Waals surface area contributed by atoms with E-state index in [-0.39, 0.29) is 31.1 Å². The number of aromatic nitrogens is 1. The average molecular weight is 279 g/mol. The standard InChI is InChI=1S/C14H21N3O3/c1-11(2)20-13(18)7-10-17-14(19)16-9-6-12-5-3-4-8-15-12/h3-5,8,11H,6-7,9-10H2,1-2H3,(H2,16,17,19). The minimum atomic E-state index is -0.311. The van der Waals surface area contributed by atoms with Crippen molar-refractivity contribution in [1.82, 2.24) is 15.6 Å². The van der Waals surface area contributed by atoms with E-state index >= 15 is 0 Å². The first-order valence-corrected chi connectivity index (χ1v) is 6.69. The van der Waals surface area contributed by atoms with Crippen molar-refractivity contribution in [2.45, 2.75) is 32.8 Å². The van der Waals surface area contributed by atoms with Gasteiger partial charge in [0.15, 0.2) is 0 Å². The van der Waals surface area contributed by atoms with Gasteiger partial charge in [0.05, 0.1) is 12.5 Å². The highest BCUT2D eigenvalue weighted by Crippen LogP contribution is 1.93. The van der Waals surface area contributed by atoms with Crippen molar-refractivity contribution in [3.8, 4) is 0 Å². The number of hydrogen-bond acceptors (Lipinski definition) is 4. The maximum absolute atomic E-state index is 11.4. The summed E-state index contributed by atoms with van der Waals surface area (Å²) in [5, 5.41) is 5.31. The lowest BCUT2D eigenvalue weighted by Crippen LogP contribution is -2.37. The summed E-state index contributed by atoms with van der Waals surface area (Å²) in [6.07, 6.45) is 2.43. The lowest BCUT2D eigenvalue weighted by Gasteiger charge is -2.09.